The number of nitrogens with zero attached hydrogens (tertiary/aromatic N) is 7. The zero-order chi connectivity index (χ0) is 31.6. The van der Waals surface area contributed by atoms with Crippen molar-refractivity contribution < 1.29 is 4.74 Å². The van der Waals surface area contributed by atoms with Gasteiger partial charge in [0.25, 0.3) is 5.56 Å². The first-order valence-corrected chi connectivity index (χ1v) is 15.9. The van der Waals surface area contributed by atoms with Gasteiger partial charge in [0.1, 0.15) is 22.9 Å². The maximum Gasteiger partial charge on any atom is 0.255 e. The number of pyridine rings is 3. The Morgan fingerprint density at radius 1 is 0.891 bits per heavy atom. The van der Waals surface area contributed by atoms with Gasteiger partial charge in [-0.1, -0.05) is 12.1 Å². The smallest absolute Gasteiger partial charge is 0.255 e. The number of ether oxygens (including phenoxy) is 1. The van der Waals surface area contributed by atoms with Crippen LogP contribution in [-0.2, 0) is 6.54 Å². The lowest BCUT2D eigenvalue weighted by Crippen LogP contribution is -2.23. The number of hydrogen-bond donors (Lipinski definition) is 2. The molecule has 0 radical (unpaired) electrons. The Kier molecular flexibility index (Phi) is 8.18. The first kappa shape index (κ1) is 29.6. The summed E-state index contributed by atoms with van der Waals surface area (Å²) in [5, 5.41) is 7.28. The normalized spacial score (nSPS) is 16.1. The van der Waals surface area contributed by atoms with E-state index < -0.39 is 0 Å². The van der Waals surface area contributed by atoms with Crippen LogP contribution in [0.3, 0.4) is 0 Å². The van der Waals surface area contributed by atoms with Crippen LogP contribution in [0.25, 0.3) is 28.0 Å². The summed E-state index contributed by atoms with van der Waals surface area (Å²) < 4.78 is 9.94. The quantitative estimate of drug-likeness (QED) is 0.189. The second-order valence-corrected chi connectivity index (χ2v) is 12.3. The molecule has 0 aliphatic heterocycles. The van der Waals surface area contributed by atoms with Gasteiger partial charge in [-0.15, -0.1) is 0 Å². The van der Waals surface area contributed by atoms with Crippen LogP contribution >= 0.6 is 15.9 Å². The first-order chi connectivity index (χ1) is 22.4. The Morgan fingerprint density at radius 3 is 2.41 bits per heavy atom. The summed E-state index contributed by atoms with van der Waals surface area (Å²) in [5.74, 6) is 3.09. The van der Waals surface area contributed by atoms with Gasteiger partial charge >= 0.3 is 0 Å². The molecule has 232 valence electrons. The van der Waals surface area contributed by atoms with Crippen molar-refractivity contribution in [3.63, 3.8) is 0 Å². The first-order valence-electron chi connectivity index (χ1n) is 15.1. The van der Waals surface area contributed by atoms with Gasteiger partial charge in [-0.05, 0) is 84.1 Å². The van der Waals surface area contributed by atoms with Crippen molar-refractivity contribution in [2.24, 2.45) is 0 Å². The third-order valence-corrected chi connectivity index (χ3v) is 8.65. The SMILES string of the molecule is COc1ccc(Cn2c(N[C@H]3CC[C@H](Nc4ccc(-n5cc(-c6cnc(C)nc6)ccc5=O)cn4)C3)nc3cc(Br)cnc32)cc1. The summed E-state index contributed by atoms with van der Waals surface area (Å²) in [6, 6.07) is 17.7. The molecule has 7 rings (SSSR count). The van der Waals surface area contributed by atoms with Crippen LogP contribution in [0.2, 0.25) is 0 Å². The van der Waals surface area contributed by atoms with E-state index in [-0.39, 0.29) is 17.6 Å². The van der Waals surface area contributed by atoms with Crippen molar-refractivity contribution in [3.8, 4) is 22.6 Å². The lowest BCUT2D eigenvalue weighted by atomic mass is 10.1. The van der Waals surface area contributed by atoms with Gasteiger partial charge < -0.3 is 15.4 Å². The maximum absolute atomic E-state index is 12.7. The van der Waals surface area contributed by atoms with Gasteiger partial charge in [0.05, 0.1) is 25.5 Å². The van der Waals surface area contributed by atoms with E-state index in [1.54, 1.807) is 54.8 Å². The molecule has 0 bridgehead atoms. The summed E-state index contributed by atoms with van der Waals surface area (Å²) in [6.45, 7) is 2.47. The zero-order valence-electron chi connectivity index (χ0n) is 25.4. The Labute approximate surface area is 273 Å². The molecule has 1 aliphatic rings. The summed E-state index contributed by atoms with van der Waals surface area (Å²) in [7, 11) is 1.67. The van der Waals surface area contributed by atoms with E-state index in [0.29, 0.717) is 18.1 Å². The molecule has 6 aromatic rings. The molecule has 1 aliphatic carbocycles. The molecule has 12 heteroatoms. The number of halogens is 1. The molecule has 2 atom stereocenters. The summed E-state index contributed by atoms with van der Waals surface area (Å²) >= 11 is 3.53. The Bertz CT molecular complexity index is 2040. The molecule has 0 unspecified atom stereocenters. The molecule has 5 aromatic heterocycles. The van der Waals surface area contributed by atoms with Crippen LogP contribution in [-0.4, -0.2) is 53.2 Å². The van der Waals surface area contributed by atoms with E-state index in [1.807, 2.05) is 37.3 Å². The largest absolute Gasteiger partial charge is 0.497 e. The minimum absolute atomic E-state index is 0.135. The van der Waals surface area contributed by atoms with Crippen LogP contribution in [0.4, 0.5) is 11.8 Å². The van der Waals surface area contributed by atoms with Crippen LogP contribution in [0.15, 0.2) is 94.8 Å². The fourth-order valence-corrected chi connectivity index (χ4v) is 6.13. The number of anilines is 2. The average Bonchev–Trinajstić information content (AvgIpc) is 3.65. The molecule has 5 heterocycles. The van der Waals surface area contributed by atoms with Gasteiger partial charge in [0, 0.05) is 58.5 Å². The third-order valence-electron chi connectivity index (χ3n) is 8.22. The minimum Gasteiger partial charge on any atom is -0.497 e. The predicted octanol–water partition coefficient (Wildman–Crippen LogP) is 6.01. The molecule has 0 spiro atoms. The van der Waals surface area contributed by atoms with Crippen LogP contribution in [0.5, 0.6) is 5.75 Å². The lowest BCUT2D eigenvalue weighted by Gasteiger charge is -2.17. The van der Waals surface area contributed by atoms with Gasteiger partial charge in [0.15, 0.2) is 5.65 Å². The Balaban J connectivity index is 1.03. The standard InChI is InChI=1S/C34H32BrN9O2/c1-21-36-15-24(16-37-21)23-5-12-32(45)43(20-23)28-8-11-31(38-18-28)40-26-6-7-27(14-26)41-34-42-30-13-25(35)17-39-33(30)44(34)19-22-3-9-29(46-2)10-4-22/h3-5,8-13,15-18,20,26-27H,6-7,14,19H2,1-2H3,(H,38,40)(H,41,42)/t26-,27-/m0/s1. The molecule has 2 N–H and O–H groups in total. The molecule has 1 aromatic carbocycles. The summed E-state index contributed by atoms with van der Waals surface area (Å²) in [6.07, 6.45) is 11.7. The number of methoxy groups -OCH3 is 1. The van der Waals surface area contributed by atoms with Crippen molar-refractivity contribution in [2.45, 2.75) is 44.8 Å². The zero-order valence-corrected chi connectivity index (χ0v) is 27.0. The van der Waals surface area contributed by atoms with Crippen LogP contribution in [0.1, 0.15) is 30.7 Å². The highest BCUT2D eigenvalue weighted by Crippen LogP contribution is 2.29. The molecule has 1 saturated carbocycles. The monoisotopic (exact) mass is 677 g/mol. The van der Waals surface area contributed by atoms with Crippen molar-refractivity contribution in [1.82, 2.24) is 34.1 Å². The molecule has 0 amide bonds. The van der Waals surface area contributed by atoms with Crippen LogP contribution < -0.4 is 20.9 Å². The van der Waals surface area contributed by atoms with E-state index in [4.69, 9.17) is 9.72 Å². The second-order valence-electron chi connectivity index (χ2n) is 11.4. The summed E-state index contributed by atoms with van der Waals surface area (Å²) in [5.41, 5.74) is 5.04. The molecule has 1 fully saturated rings. The van der Waals surface area contributed by atoms with E-state index in [2.05, 4.69) is 63.2 Å². The number of rotatable bonds is 9. The van der Waals surface area contributed by atoms with Crippen LogP contribution in [0, 0.1) is 6.92 Å². The highest BCUT2D eigenvalue weighted by atomic mass is 79.9. The molecule has 46 heavy (non-hydrogen) atoms. The summed E-state index contributed by atoms with van der Waals surface area (Å²) in [4.78, 5) is 35.5. The van der Waals surface area contributed by atoms with E-state index in [0.717, 1.165) is 69.1 Å². The van der Waals surface area contributed by atoms with E-state index in [1.165, 1.54) is 0 Å². The van der Waals surface area contributed by atoms with E-state index in [9.17, 15) is 4.79 Å². The van der Waals surface area contributed by atoms with Crippen molar-refractivity contribution in [2.75, 3.05) is 17.7 Å². The lowest BCUT2D eigenvalue weighted by molar-refractivity contribution is 0.414. The fourth-order valence-electron chi connectivity index (χ4n) is 5.81. The number of imidazole rings is 1. The van der Waals surface area contributed by atoms with Gasteiger partial charge in [-0.3, -0.25) is 13.9 Å². The highest BCUT2D eigenvalue weighted by molar-refractivity contribution is 9.10. The Hall–Kier alpha value is -5.10. The third kappa shape index (κ3) is 6.34. The number of nitrogens with one attached hydrogen (secondary N) is 2. The number of aromatic nitrogens is 7. The average molecular weight is 679 g/mol. The number of hydrogen-bond acceptors (Lipinski definition) is 9. The molecular formula is C34H32BrN9O2. The number of benzene rings is 1. The second kappa shape index (κ2) is 12.7. The van der Waals surface area contributed by atoms with Crippen molar-refractivity contribution in [1.29, 1.82) is 0 Å². The fraction of sp³-hybridized carbons (Fsp3) is 0.235. The maximum atomic E-state index is 12.7. The van der Waals surface area contributed by atoms with Gasteiger partial charge in [-0.25, -0.2) is 24.9 Å². The van der Waals surface area contributed by atoms with Crippen molar-refractivity contribution in [3.05, 3.63) is 112 Å². The van der Waals surface area contributed by atoms with E-state index >= 15 is 0 Å². The highest BCUT2D eigenvalue weighted by Gasteiger charge is 2.27. The molecule has 0 saturated heterocycles. The predicted molar refractivity (Wildman–Crippen MR) is 182 cm³/mol. The van der Waals surface area contributed by atoms with Gasteiger partial charge in [0.2, 0.25) is 5.95 Å². The van der Waals surface area contributed by atoms with Gasteiger partial charge in [-0.2, -0.15) is 0 Å². The minimum atomic E-state index is -0.135. The molecular weight excluding hydrogens is 646 g/mol. The topological polar surface area (TPSA) is 125 Å². The van der Waals surface area contributed by atoms with Crippen molar-refractivity contribution >= 4 is 38.9 Å². The Morgan fingerprint density at radius 2 is 1.67 bits per heavy atom. The number of aryl methyl sites for hydroxylation is 1. The molecule has 11 nitrogen and oxygen atoms in total. The number of fused-ring (bicyclic) bond motifs is 1.